The van der Waals surface area contributed by atoms with Crippen molar-refractivity contribution in [1.29, 1.82) is 0 Å². The Morgan fingerprint density at radius 1 is 0.636 bits per heavy atom. The van der Waals surface area contributed by atoms with Gasteiger partial charge in [0.1, 0.15) is 0 Å². The van der Waals surface area contributed by atoms with Gasteiger partial charge in [-0.3, -0.25) is 0 Å². The second-order valence-corrected chi connectivity index (χ2v) is 6.77. The quantitative estimate of drug-likeness (QED) is 0.349. The molecule has 0 fully saturated rings. The van der Waals surface area contributed by atoms with Gasteiger partial charge in [-0.25, -0.2) is 0 Å². The second kappa shape index (κ2) is 17.2. The molecule has 0 aromatic rings. The van der Waals surface area contributed by atoms with E-state index in [4.69, 9.17) is 15.9 Å². The number of hydrogen-bond donors (Lipinski definition) is 3. The maximum atomic E-state index is 9.04. The van der Waals surface area contributed by atoms with Gasteiger partial charge in [-0.2, -0.15) is 0 Å². The predicted molar refractivity (Wildman–Crippen MR) is 95.9 cm³/mol. The fourth-order valence-corrected chi connectivity index (χ4v) is 3.18. The minimum atomic E-state index is 0.137. The first kappa shape index (κ1) is 21.9. The molecule has 1 unspecified atom stereocenters. The molecule has 0 saturated carbocycles. The van der Waals surface area contributed by atoms with E-state index in [1.54, 1.807) is 0 Å². The zero-order valence-electron chi connectivity index (χ0n) is 14.9. The van der Waals surface area contributed by atoms with Gasteiger partial charge >= 0.3 is 0 Å². The van der Waals surface area contributed by atoms with Crippen molar-refractivity contribution in [3.05, 3.63) is 0 Å². The molecule has 0 aromatic carbocycles. The van der Waals surface area contributed by atoms with Crippen LogP contribution in [0.15, 0.2) is 0 Å². The van der Waals surface area contributed by atoms with Gasteiger partial charge in [0, 0.05) is 19.3 Å². The van der Waals surface area contributed by atoms with Crippen LogP contribution in [0.3, 0.4) is 0 Å². The molecule has 4 N–H and O–H groups in total. The lowest BCUT2D eigenvalue weighted by molar-refractivity contribution is 0.195. The molecule has 0 rings (SSSR count). The molecule has 0 radical (unpaired) electrons. The van der Waals surface area contributed by atoms with Crippen LogP contribution in [0.4, 0.5) is 0 Å². The van der Waals surface area contributed by atoms with E-state index in [0.29, 0.717) is 0 Å². The van der Waals surface area contributed by atoms with Gasteiger partial charge < -0.3 is 15.9 Å². The highest BCUT2D eigenvalue weighted by Gasteiger charge is 2.16. The third kappa shape index (κ3) is 13.5. The fraction of sp³-hybridized carbons (Fsp3) is 1.00. The van der Waals surface area contributed by atoms with E-state index in [-0.39, 0.29) is 25.2 Å². The molecule has 1 atom stereocenters. The minimum absolute atomic E-state index is 0.137. The summed E-state index contributed by atoms with van der Waals surface area (Å²) < 4.78 is 0. The van der Waals surface area contributed by atoms with Crippen molar-refractivity contribution in [2.45, 2.75) is 103 Å². The number of unbranched alkanes of at least 4 members (excludes halogenated alkanes) is 10. The van der Waals surface area contributed by atoms with E-state index >= 15 is 0 Å². The van der Waals surface area contributed by atoms with Crippen LogP contribution in [0.2, 0.25) is 0 Å². The molecule has 0 aliphatic carbocycles. The molecule has 0 aliphatic heterocycles. The van der Waals surface area contributed by atoms with Gasteiger partial charge in [0.15, 0.2) is 0 Å². The lowest BCUT2D eigenvalue weighted by Gasteiger charge is -2.22. The van der Waals surface area contributed by atoms with Crippen LogP contribution in [0, 0.1) is 5.92 Å². The molecule has 3 nitrogen and oxygen atoms in total. The first-order valence-electron chi connectivity index (χ1n) is 9.73. The lowest BCUT2D eigenvalue weighted by atomic mass is 9.90. The van der Waals surface area contributed by atoms with Crippen molar-refractivity contribution >= 4 is 0 Å². The maximum Gasteiger partial charge on any atom is 0.0434 e. The van der Waals surface area contributed by atoms with Crippen LogP contribution in [0.5, 0.6) is 0 Å². The number of hydrogen-bond acceptors (Lipinski definition) is 3. The molecule has 0 amide bonds. The van der Waals surface area contributed by atoms with Crippen molar-refractivity contribution in [1.82, 2.24) is 0 Å². The van der Waals surface area contributed by atoms with Crippen molar-refractivity contribution in [3.63, 3.8) is 0 Å². The van der Waals surface area contributed by atoms with Gasteiger partial charge in [-0.15, -0.1) is 0 Å². The highest BCUT2D eigenvalue weighted by Crippen LogP contribution is 2.18. The van der Waals surface area contributed by atoms with Crippen molar-refractivity contribution < 1.29 is 10.2 Å². The van der Waals surface area contributed by atoms with Gasteiger partial charge in [-0.05, 0) is 25.2 Å². The molecule has 0 aliphatic rings. The summed E-state index contributed by atoms with van der Waals surface area (Å²) in [6.45, 7) is 2.62. The number of nitrogens with two attached hydrogens (primary N) is 1. The van der Waals surface area contributed by atoms with Crippen LogP contribution in [0.25, 0.3) is 0 Å². The van der Waals surface area contributed by atoms with Gasteiger partial charge in [-0.1, -0.05) is 77.6 Å². The maximum absolute atomic E-state index is 9.04. The number of aliphatic hydroxyl groups excluding tert-OH is 2. The second-order valence-electron chi connectivity index (χ2n) is 6.77. The lowest BCUT2D eigenvalue weighted by Crippen LogP contribution is -2.31. The summed E-state index contributed by atoms with van der Waals surface area (Å²) in [4.78, 5) is 0. The fourth-order valence-electron chi connectivity index (χ4n) is 3.18. The summed E-state index contributed by atoms with van der Waals surface area (Å²) in [5, 5.41) is 18.1. The SMILES string of the molecule is CCCCCCCCCCCCCC(N)C(CCO)CCO. The third-order valence-corrected chi connectivity index (χ3v) is 4.75. The molecule has 134 valence electrons. The Kier molecular flexibility index (Phi) is 17.1. The largest absolute Gasteiger partial charge is 0.396 e. The highest BCUT2D eigenvalue weighted by molar-refractivity contribution is 4.72. The molecule has 0 heterocycles. The van der Waals surface area contributed by atoms with Crippen LogP contribution >= 0.6 is 0 Å². The molecular formula is C19H41NO2. The Morgan fingerprint density at radius 3 is 1.45 bits per heavy atom. The highest BCUT2D eigenvalue weighted by atomic mass is 16.3. The zero-order chi connectivity index (χ0) is 16.5. The third-order valence-electron chi connectivity index (χ3n) is 4.75. The molecule has 0 aromatic heterocycles. The summed E-state index contributed by atoms with van der Waals surface area (Å²) in [5.74, 6) is 0.276. The van der Waals surface area contributed by atoms with E-state index < -0.39 is 0 Å². The van der Waals surface area contributed by atoms with Crippen LogP contribution in [-0.4, -0.2) is 29.5 Å². The Balaban J connectivity index is 3.37. The first-order chi connectivity index (χ1) is 10.8. The van der Waals surface area contributed by atoms with E-state index in [1.807, 2.05) is 0 Å². The van der Waals surface area contributed by atoms with Crippen molar-refractivity contribution in [3.8, 4) is 0 Å². The van der Waals surface area contributed by atoms with Crippen LogP contribution < -0.4 is 5.73 Å². The summed E-state index contributed by atoms with van der Waals surface area (Å²) in [7, 11) is 0. The topological polar surface area (TPSA) is 66.5 Å². The average Bonchev–Trinajstić information content (AvgIpc) is 2.52. The smallest absolute Gasteiger partial charge is 0.0434 e. The van der Waals surface area contributed by atoms with Crippen molar-refractivity contribution in [2.75, 3.05) is 13.2 Å². The standard InChI is InChI=1S/C19H41NO2/c1-2-3-4-5-6-7-8-9-10-11-12-13-19(20)18(14-16-21)15-17-22/h18-19,21-22H,2-17,20H2,1H3. The number of aliphatic hydroxyl groups is 2. The molecule has 0 bridgehead atoms. The van der Waals surface area contributed by atoms with Gasteiger partial charge in [0.25, 0.3) is 0 Å². The predicted octanol–water partition coefficient (Wildman–Crippen LogP) is 4.40. The summed E-state index contributed by atoms with van der Waals surface area (Å²) in [6, 6.07) is 0.137. The Labute approximate surface area is 138 Å². The first-order valence-corrected chi connectivity index (χ1v) is 9.73. The molecule has 0 saturated heterocycles. The van der Waals surface area contributed by atoms with Crippen molar-refractivity contribution in [2.24, 2.45) is 11.7 Å². The van der Waals surface area contributed by atoms with Crippen LogP contribution in [-0.2, 0) is 0 Å². The Hall–Kier alpha value is -0.120. The Bertz CT molecular complexity index is 206. The van der Waals surface area contributed by atoms with E-state index in [1.165, 1.54) is 70.6 Å². The van der Waals surface area contributed by atoms with Gasteiger partial charge in [0.05, 0.1) is 0 Å². The van der Waals surface area contributed by atoms with E-state index in [9.17, 15) is 0 Å². The monoisotopic (exact) mass is 315 g/mol. The van der Waals surface area contributed by atoms with E-state index in [0.717, 1.165) is 19.3 Å². The van der Waals surface area contributed by atoms with Crippen LogP contribution in [0.1, 0.15) is 96.8 Å². The zero-order valence-corrected chi connectivity index (χ0v) is 14.9. The summed E-state index contributed by atoms with van der Waals surface area (Å²) >= 11 is 0. The summed E-state index contributed by atoms with van der Waals surface area (Å²) in [6.07, 6.45) is 17.4. The summed E-state index contributed by atoms with van der Waals surface area (Å²) in [5.41, 5.74) is 6.19. The van der Waals surface area contributed by atoms with E-state index in [2.05, 4.69) is 6.92 Å². The molecule has 22 heavy (non-hydrogen) atoms. The molecule has 0 spiro atoms. The number of rotatable bonds is 17. The Morgan fingerprint density at radius 2 is 1.05 bits per heavy atom. The molecule has 3 heteroatoms. The van der Waals surface area contributed by atoms with Gasteiger partial charge in [0.2, 0.25) is 0 Å². The normalized spacial score (nSPS) is 13.0. The minimum Gasteiger partial charge on any atom is -0.396 e. The molecular weight excluding hydrogens is 274 g/mol. The average molecular weight is 316 g/mol.